The number of aromatic nitrogens is 1. The highest BCUT2D eigenvalue weighted by atomic mass is 16.5. The molecule has 128 valence electrons. The van der Waals surface area contributed by atoms with Crippen LogP contribution in [0.25, 0.3) is 10.9 Å². The van der Waals surface area contributed by atoms with Crippen molar-refractivity contribution in [1.82, 2.24) is 4.98 Å². The predicted molar refractivity (Wildman–Crippen MR) is 101 cm³/mol. The van der Waals surface area contributed by atoms with Gasteiger partial charge in [0, 0.05) is 36.3 Å². The Morgan fingerprint density at radius 1 is 1.12 bits per heavy atom. The summed E-state index contributed by atoms with van der Waals surface area (Å²) in [4.78, 5) is 15.7. The molecule has 0 aliphatic carbocycles. The van der Waals surface area contributed by atoms with E-state index in [9.17, 15) is 4.79 Å². The smallest absolute Gasteiger partial charge is 0.221 e. The number of amides is 1. The van der Waals surface area contributed by atoms with Gasteiger partial charge in [0.2, 0.25) is 5.91 Å². The van der Waals surface area contributed by atoms with Crippen molar-refractivity contribution in [3.05, 3.63) is 59.8 Å². The van der Waals surface area contributed by atoms with Crippen LogP contribution < -0.4 is 15.4 Å². The molecule has 0 unspecified atom stereocenters. The van der Waals surface area contributed by atoms with Crippen LogP contribution in [-0.4, -0.2) is 18.0 Å². The van der Waals surface area contributed by atoms with Crippen LogP contribution in [0.3, 0.4) is 0 Å². The van der Waals surface area contributed by atoms with Crippen LogP contribution in [0.1, 0.15) is 18.2 Å². The minimum Gasteiger partial charge on any atom is -0.495 e. The lowest BCUT2D eigenvalue weighted by atomic mass is 10.1. The van der Waals surface area contributed by atoms with Gasteiger partial charge in [-0.3, -0.25) is 9.78 Å². The molecule has 0 radical (unpaired) electrons. The quantitative estimate of drug-likeness (QED) is 0.736. The monoisotopic (exact) mass is 335 g/mol. The molecule has 5 nitrogen and oxygen atoms in total. The number of ether oxygens (including phenoxy) is 1. The Morgan fingerprint density at radius 2 is 1.96 bits per heavy atom. The zero-order valence-electron chi connectivity index (χ0n) is 14.6. The number of rotatable bonds is 5. The first kappa shape index (κ1) is 16.8. The number of nitrogens with one attached hydrogen (secondary N) is 2. The molecule has 2 aromatic carbocycles. The second kappa shape index (κ2) is 7.21. The minimum absolute atomic E-state index is 0.109. The molecule has 25 heavy (non-hydrogen) atoms. The van der Waals surface area contributed by atoms with Crippen LogP contribution in [0.5, 0.6) is 5.75 Å². The summed E-state index contributed by atoms with van der Waals surface area (Å²) in [7, 11) is 1.61. The van der Waals surface area contributed by atoms with Crippen molar-refractivity contribution in [2.75, 3.05) is 17.7 Å². The number of carbonyl (C=O) groups excluding carboxylic acids is 1. The summed E-state index contributed by atoms with van der Waals surface area (Å²) in [5, 5.41) is 7.25. The van der Waals surface area contributed by atoms with Crippen molar-refractivity contribution in [2.24, 2.45) is 0 Å². The average Bonchev–Trinajstić information content (AvgIpc) is 2.60. The summed E-state index contributed by atoms with van der Waals surface area (Å²) in [6.07, 6.45) is 0. The third-order valence-electron chi connectivity index (χ3n) is 3.90. The maximum atomic E-state index is 11.2. The van der Waals surface area contributed by atoms with Gasteiger partial charge in [0.1, 0.15) is 5.75 Å². The number of nitrogens with zero attached hydrogens (tertiary/aromatic N) is 1. The third kappa shape index (κ3) is 4.07. The van der Waals surface area contributed by atoms with Crippen LogP contribution in [0.2, 0.25) is 0 Å². The Kier molecular flexibility index (Phi) is 4.84. The maximum Gasteiger partial charge on any atom is 0.221 e. The minimum atomic E-state index is -0.109. The number of methoxy groups -OCH3 is 1. The first-order valence-electron chi connectivity index (χ1n) is 8.11. The van der Waals surface area contributed by atoms with Gasteiger partial charge in [-0.05, 0) is 42.8 Å². The van der Waals surface area contributed by atoms with Crippen LogP contribution >= 0.6 is 0 Å². The summed E-state index contributed by atoms with van der Waals surface area (Å²) >= 11 is 0. The predicted octanol–water partition coefficient (Wildman–Crippen LogP) is 4.12. The van der Waals surface area contributed by atoms with E-state index >= 15 is 0 Å². The van der Waals surface area contributed by atoms with Gasteiger partial charge in [0.15, 0.2) is 0 Å². The zero-order valence-corrected chi connectivity index (χ0v) is 14.6. The molecule has 1 aromatic heterocycles. The van der Waals surface area contributed by atoms with Gasteiger partial charge in [-0.1, -0.05) is 12.1 Å². The Bertz CT molecular complexity index is 922. The molecule has 0 aliphatic heterocycles. The van der Waals surface area contributed by atoms with Crippen molar-refractivity contribution >= 4 is 28.2 Å². The number of benzene rings is 2. The van der Waals surface area contributed by atoms with Gasteiger partial charge < -0.3 is 15.4 Å². The lowest BCUT2D eigenvalue weighted by Crippen LogP contribution is -2.07. The molecule has 1 amide bonds. The first-order valence-corrected chi connectivity index (χ1v) is 8.11. The Hall–Kier alpha value is -3.08. The van der Waals surface area contributed by atoms with Gasteiger partial charge in [-0.2, -0.15) is 0 Å². The molecule has 0 aliphatic rings. The van der Waals surface area contributed by atoms with Crippen molar-refractivity contribution < 1.29 is 9.53 Å². The van der Waals surface area contributed by atoms with Gasteiger partial charge >= 0.3 is 0 Å². The molecule has 0 saturated carbocycles. The van der Waals surface area contributed by atoms with Gasteiger partial charge in [-0.15, -0.1) is 0 Å². The Labute approximate surface area is 147 Å². The number of pyridine rings is 1. The largest absolute Gasteiger partial charge is 0.495 e. The maximum absolute atomic E-state index is 11.2. The Morgan fingerprint density at radius 3 is 2.72 bits per heavy atom. The fourth-order valence-corrected chi connectivity index (χ4v) is 2.70. The van der Waals surface area contributed by atoms with Crippen LogP contribution in [0.15, 0.2) is 48.5 Å². The Balaban J connectivity index is 1.76. The standard InChI is InChI=1S/C20H21N3O2/c1-13-4-6-16-10-15(5-8-18(16)22-13)12-21-19-9-7-17(23-14(2)24)11-20(19)25-3/h4-11,21H,12H2,1-3H3,(H,23,24). The van der Waals surface area contributed by atoms with Gasteiger partial charge in [0.05, 0.1) is 18.3 Å². The first-order chi connectivity index (χ1) is 12.0. The SMILES string of the molecule is COc1cc(NC(C)=O)ccc1NCc1ccc2nc(C)ccc2c1. The normalized spacial score (nSPS) is 10.5. The van der Waals surface area contributed by atoms with Gasteiger partial charge in [-0.25, -0.2) is 0 Å². The average molecular weight is 335 g/mol. The van der Waals surface area contributed by atoms with Crippen molar-refractivity contribution in [1.29, 1.82) is 0 Å². The summed E-state index contributed by atoms with van der Waals surface area (Å²) in [6.45, 7) is 4.14. The van der Waals surface area contributed by atoms with Crippen LogP contribution in [-0.2, 0) is 11.3 Å². The summed E-state index contributed by atoms with van der Waals surface area (Å²) < 4.78 is 5.42. The van der Waals surface area contributed by atoms with E-state index in [0.29, 0.717) is 18.0 Å². The highest BCUT2D eigenvalue weighted by Gasteiger charge is 2.06. The molecule has 3 aromatic rings. The molecule has 0 spiro atoms. The molecule has 2 N–H and O–H groups in total. The second-order valence-corrected chi connectivity index (χ2v) is 5.93. The number of hydrogen-bond donors (Lipinski definition) is 2. The van der Waals surface area contributed by atoms with Crippen LogP contribution in [0, 0.1) is 6.92 Å². The summed E-state index contributed by atoms with van der Waals surface area (Å²) in [5.41, 5.74) is 4.76. The third-order valence-corrected chi connectivity index (χ3v) is 3.90. The van der Waals surface area contributed by atoms with E-state index in [1.54, 1.807) is 13.2 Å². The van der Waals surface area contributed by atoms with E-state index in [1.807, 2.05) is 31.2 Å². The topological polar surface area (TPSA) is 63.2 Å². The van der Waals surface area contributed by atoms with E-state index in [-0.39, 0.29) is 5.91 Å². The molecule has 0 atom stereocenters. The van der Waals surface area contributed by atoms with Crippen molar-refractivity contribution in [3.8, 4) is 5.75 Å². The summed E-state index contributed by atoms with van der Waals surface area (Å²) in [6, 6.07) is 15.9. The number of hydrogen-bond acceptors (Lipinski definition) is 4. The van der Waals surface area contributed by atoms with E-state index in [4.69, 9.17) is 4.74 Å². The number of fused-ring (bicyclic) bond motifs is 1. The van der Waals surface area contributed by atoms with E-state index in [2.05, 4.69) is 33.8 Å². The molecule has 1 heterocycles. The highest BCUT2D eigenvalue weighted by molar-refractivity contribution is 5.89. The lowest BCUT2D eigenvalue weighted by molar-refractivity contribution is -0.114. The van der Waals surface area contributed by atoms with Gasteiger partial charge in [0.25, 0.3) is 0 Å². The lowest BCUT2D eigenvalue weighted by Gasteiger charge is -2.13. The molecule has 3 rings (SSSR count). The highest BCUT2D eigenvalue weighted by Crippen LogP contribution is 2.28. The molecular formula is C20H21N3O2. The molecule has 0 bridgehead atoms. The van der Waals surface area contributed by atoms with Crippen LogP contribution in [0.4, 0.5) is 11.4 Å². The van der Waals surface area contributed by atoms with Crippen molar-refractivity contribution in [2.45, 2.75) is 20.4 Å². The van der Waals surface area contributed by atoms with Crippen molar-refractivity contribution in [3.63, 3.8) is 0 Å². The summed E-state index contributed by atoms with van der Waals surface area (Å²) in [5.74, 6) is 0.576. The van der Waals surface area contributed by atoms with E-state index in [0.717, 1.165) is 27.8 Å². The zero-order chi connectivity index (χ0) is 17.8. The number of aryl methyl sites for hydroxylation is 1. The number of anilines is 2. The van der Waals surface area contributed by atoms with E-state index in [1.165, 1.54) is 6.92 Å². The second-order valence-electron chi connectivity index (χ2n) is 5.93. The fourth-order valence-electron chi connectivity index (χ4n) is 2.70. The molecule has 5 heteroatoms. The molecular weight excluding hydrogens is 314 g/mol. The fraction of sp³-hybridized carbons (Fsp3) is 0.200. The number of carbonyl (C=O) groups is 1. The van der Waals surface area contributed by atoms with E-state index < -0.39 is 0 Å². The molecule has 0 fully saturated rings. The molecule has 0 saturated heterocycles.